The molecule has 0 aliphatic carbocycles. The van der Waals surface area contributed by atoms with E-state index >= 15 is 0 Å². The summed E-state index contributed by atoms with van der Waals surface area (Å²) in [4.78, 5) is 14.0. The molecule has 1 amide bonds. The summed E-state index contributed by atoms with van der Waals surface area (Å²) in [5, 5.41) is 6.00. The van der Waals surface area contributed by atoms with E-state index < -0.39 is 0 Å². The maximum Gasteiger partial charge on any atom is 0.239 e. The Bertz CT molecular complexity index is 639. The maximum absolute atomic E-state index is 11.9. The normalized spacial score (nSPS) is 10.0. The van der Waals surface area contributed by atoms with Crippen molar-refractivity contribution >= 4 is 17.3 Å². The van der Waals surface area contributed by atoms with Gasteiger partial charge in [-0.3, -0.25) is 4.79 Å². The first-order valence-electron chi connectivity index (χ1n) is 7.50. The van der Waals surface area contributed by atoms with Gasteiger partial charge in [0.1, 0.15) is 5.75 Å². The molecule has 5 heteroatoms. The second-order valence-corrected chi connectivity index (χ2v) is 5.38. The van der Waals surface area contributed by atoms with Gasteiger partial charge in [-0.15, -0.1) is 0 Å². The highest BCUT2D eigenvalue weighted by Crippen LogP contribution is 2.17. The van der Waals surface area contributed by atoms with Crippen molar-refractivity contribution in [2.75, 3.05) is 38.0 Å². The van der Waals surface area contributed by atoms with Crippen molar-refractivity contribution in [1.82, 2.24) is 5.32 Å². The van der Waals surface area contributed by atoms with Crippen LogP contribution in [-0.2, 0) is 11.3 Å². The summed E-state index contributed by atoms with van der Waals surface area (Å²) in [6, 6.07) is 15.6. The molecule has 0 radical (unpaired) electrons. The Morgan fingerprint density at radius 2 is 1.78 bits per heavy atom. The Hall–Kier alpha value is -2.69. The van der Waals surface area contributed by atoms with E-state index in [0.29, 0.717) is 6.54 Å². The fourth-order valence-corrected chi connectivity index (χ4v) is 2.17. The highest BCUT2D eigenvalue weighted by Gasteiger charge is 2.05. The molecule has 2 aromatic carbocycles. The Balaban J connectivity index is 1.81. The third kappa shape index (κ3) is 4.92. The van der Waals surface area contributed by atoms with Gasteiger partial charge in [0, 0.05) is 37.6 Å². The Labute approximate surface area is 137 Å². The van der Waals surface area contributed by atoms with Crippen molar-refractivity contribution in [3.63, 3.8) is 0 Å². The van der Waals surface area contributed by atoms with Gasteiger partial charge in [-0.1, -0.05) is 18.2 Å². The maximum atomic E-state index is 11.9. The number of para-hydroxylation sites is 1. The minimum absolute atomic E-state index is 0.0624. The third-order valence-corrected chi connectivity index (χ3v) is 3.51. The van der Waals surface area contributed by atoms with Gasteiger partial charge < -0.3 is 20.3 Å². The van der Waals surface area contributed by atoms with Crippen molar-refractivity contribution in [2.45, 2.75) is 6.54 Å². The first-order valence-corrected chi connectivity index (χ1v) is 7.50. The van der Waals surface area contributed by atoms with Crippen LogP contribution in [0.1, 0.15) is 5.56 Å². The molecule has 0 unspecified atom stereocenters. The monoisotopic (exact) mass is 313 g/mol. The summed E-state index contributed by atoms with van der Waals surface area (Å²) in [7, 11) is 5.61. The summed E-state index contributed by atoms with van der Waals surface area (Å²) in [5.41, 5.74) is 3.00. The number of hydrogen-bond donors (Lipinski definition) is 2. The molecule has 0 aromatic heterocycles. The standard InChI is InChI=1S/C18H23N3O2/c1-21(2)16-10-8-15(9-11-16)19-13-18(22)20-12-14-6-4-5-7-17(14)23-3/h4-11,19H,12-13H2,1-3H3,(H,20,22). The van der Waals surface area contributed by atoms with Crippen molar-refractivity contribution in [3.8, 4) is 5.75 Å². The first-order chi connectivity index (χ1) is 11.1. The molecule has 0 aliphatic heterocycles. The van der Waals surface area contributed by atoms with E-state index in [9.17, 15) is 4.79 Å². The van der Waals surface area contributed by atoms with E-state index in [1.54, 1.807) is 7.11 Å². The molecule has 2 aromatic rings. The summed E-state index contributed by atoms with van der Waals surface area (Å²) < 4.78 is 5.27. The number of carbonyl (C=O) groups is 1. The van der Waals surface area contributed by atoms with Crippen molar-refractivity contribution in [1.29, 1.82) is 0 Å². The van der Waals surface area contributed by atoms with Crippen LogP contribution in [0.5, 0.6) is 5.75 Å². The average molecular weight is 313 g/mol. The van der Waals surface area contributed by atoms with E-state index in [1.807, 2.05) is 67.5 Å². The van der Waals surface area contributed by atoms with Gasteiger partial charge in [0.15, 0.2) is 0 Å². The van der Waals surface area contributed by atoms with Crippen LogP contribution in [0.25, 0.3) is 0 Å². The Morgan fingerprint density at radius 3 is 2.43 bits per heavy atom. The zero-order valence-electron chi connectivity index (χ0n) is 13.8. The van der Waals surface area contributed by atoms with Gasteiger partial charge in [-0.2, -0.15) is 0 Å². The molecule has 0 fully saturated rings. The van der Waals surface area contributed by atoms with Crippen LogP contribution in [0.15, 0.2) is 48.5 Å². The first kappa shape index (κ1) is 16.7. The lowest BCUT2D eigenvalue weighted by atomic mass is 10.2. The van der Waals surface area contributed by atoms with Gasteiger partial charge in [0.05, 0.1) is 13.7 Å². The van der Waals surface area contributed by atoms with E-state index in [1.165, 1.54) is 0 Å². The molecule has 5 nitrogen and oxygen atoms in total. The van der Waals surface area contributed by atoms with Crippen LogP contribution < -0.4 is 20.3 Å². The number of amides is 1. The second-order valence-electron chi connectivity index (χ2n) is 5.38. The SMILES string of the molecule is COc1ccccc1CNC(=O)CNc1ccc(N(C)C)cc1. The predicted molar refractivity (Wildman–Crippen MR) is 94.1 cm³/mol. The molecular formula is C18H23N3O2. The van der Waals surface area contributed by atoms with E-state index in [4.69, 9.17) is 4.74 Å². The molecule has 0 bridgehead atoms. The van der Waals surface area contributed by atoms with Crippen molar-refractivity contribution in [3.05, 3.63) is 54.1 Å². The topological polar surface area (TPSA) is 53.6 Å². The van der Waals surface area contributed by atoms with Crippen LogP contribution in [-0.4, -0.2) is 33.7 Å². The number of carbonyl (C=O) groups excluding carboxylic acids is 1. The lowest BCUT2D eigenvalue weighted by Crippen LogP contribution is -2.29. The number of rotatable bonds is 7. The predicted octanol–water partition coefficient (Wildman–Crippen LogP) is 2.49. The van der Waals surface area contributed by atoms with E-state index in [-0.39, 0.29) is 12.5 Å². The number of nitrogens with one attached hydrogen (secondary N) is 2. The number of hydrogen-bond acceptors (Lipinski definition) is 4. The van der Waals surface area contributed by atoms with Gasteiger partial charge >= 0.3 is 0 Å². The number of nitrogens with zero attached hydrogens (tertiary/aromatic N) is 1. The largest absolute Gasteiger partial charge is 0.496 e. The second kappa shape index (κ2) is 8.08. The van der Waals surface area contributed by atoms with Crippen LogP contribution in [0.3, 0.4) is 0 Å². The average Bonchev–Trinajstić information content (AvgIpc) is 2.58. The van der Waals surface area contributed by atoms with Crippen LogP contribution >= 0.6 is 0 Å². The fourth-order valence-electron chi connectivity index (χ4n) is 2.17. The molecule has 0 spiro atoms. The summed E-state index contributed by atoms with van der Waals surface area (Å²) in [5.74, 6) is 0.715. The van der Waals surface area contributed by atoms with Crippen LogP contribution in [0, 0.1) is 0 Å². The molecule has 0 heterocycles. The van der Waals surface area contributed by atoms with Crippen molar-refractivity contribution in [2.24, 2.45) is 0 Å². The van der Waals surface area contributed by atoms with Gasteiger partial charge in [-0.05, 0) is 30.3 Å². The molecule has 0 aliphatic rings. The van der Waals surface area contributed by atoms with Gasteiger partial charge in [0.25, 0.3) is 0 Å². The molecule has 0 atom stereocenters. The minimum Gasteiger partial charge on any atom is -0.496 e. The summed E-state index contributed by atoms with van der Waals surface area (Å²) >= 11 is 0. The van der Waals surface area contributed by atoms with Crippen LogP contribution in [0.4, 0.5) is 11.4 Å². The highest BCUT2D eigenvalue weighted by molar-refractivity contribution is 5.80. The molecule has 2 rings (SSSR count). The molecule has 23 heavy (non-hydrogen) atoms. The smallest absolute Gasteiger partial charge is 0.239 e. The van der Waals surface area contributed by atoms with Crippen LogP contribution in [0.2, 0.25) is 0 Å². The quantitative estimate of drug-likeness (QED) is 0.824. The lowest BCUT2D eigenvalue weighted by molar-refractivity contribution is -0.119. The number of ether oxygens (including phenoxy) is 1. The number of anilines is 2. The van der Waals surface area contributed by atoms with Crippen molar-refractivity contribution < 1.29 is 9.53 Å². The molecule has 2 N–H and O–H groups in total. The fraction of sp³-hybridized carbons (Fsp3) is 0.278. The summed E-state index contributed by atoms with van der Waals surface area (Å²) in [6.07, 6.45) is 0. The van der Waals surface area contributed by atoms with Gasteiger partial charge in [0.2, 0.25) is 5.91 Å². The molecule has 0 saturated heterocycles. The zero-order valence-corrected chi connectivity index (χ0v) is 13.8. The highest BCUT2D eigenvalue weighted by atomic mass is 16.5. The Morgan fingerprint density at radius 1 is 1.09 bits per heavy atom. The minimum atomic E-state index is -0.0624. The molecule has 122 valence electrons. The van der Waals surface area contributed by atoms with E-state index in [0.717, 1.165) is 22.7 Å². The number of methoxy groups -OCH3 is 1. The van der Waals surface area contributed by atoms with Gasteiger partial charge in [-0.25, -0.2) is 0 Å². The molecule has 0 saturated carbocycles. The Kier molecular flexibility index (Phi) is 5.86. The molecular weight excluding hydrogens is 290 g/mol. The number of benzene rings is 2. The lowest BCUT2D eigenvalue weighted by Gasteiger charge is -2.13. The summed E-state index contributed by atoms with van der Waals surface area (Å²) in [6.45, 7) is 0.681. The third-order valence-electron chi connectivity index (χ3n) is 3.51. The van der Waals surface area contributed by atoms with E-state index in [2.05, 4.69) is 10.6 Å². The zero-order chi connectivity index (χ0) is 16.7.